The van der Waals surface area contributed by atoms with Crippen LogP contribution in [0.15, 0.2) is 48.5 Å². The second-order valence-electron chi connectivity index (χ2n) is 8.20. The maximum absolute atomic E-state index is 12.3. The highest BCUT2D eigenvalue weighted by Gasteiger charge is 2.44. The summed E-state index contributed by atoms with van der Waals surface area (Å²) in [7, 11) is 0. The lowest BCUT2D eigenvalue weighted by Gasteiger charge is -2.19. The Hall–Kier alpha value is -3.42. The zero-order chi connectivity index (χ0) is 21.2. The molecule has 0 spiro atoms. The van der Waals surface area contributed by atoms with E-state index in [1.54, 1.807) is 0 Å². The zero-order valence-corrected chi connectivity index (χ0v) is 16.6. The molecule has 0 radical (unpaired) electrons. The molecular formula is C21H24N4O4. The van der Waals surface area contributed by atoms with Crippen LogP contribution < -0.4 is 16.2 Å². The Bertz CT molecular complexity index is 934. The van der Waals surface area contributed by atoms with Crippen molar-refractivity contribution in [3.8, 4) is 0 Å². The Morgan fingerprint density at radius 2 is 1.76 bits per heavy atom. The molecule has 1 aliphatic carbocycles. The molecule has 2 aromatic carbocycles. The Morgan fingerprint density at radius 1 is 1.07 bits per heavy atom. The number of nitro benzene ring substituents is 1. The molecule has 3 amide bonds. The third kappa shape index (κ3) is 5.10. The maximum atomic E-state index is 12.3. The molecule has 1 aliphatic rings. The fraction of sp³-hybridized carbons (Fsp3) is 0.333. The lowest BCUT2D eigenvalue weighted by Crippen LogP contribution is -2.44. The van der Waals surface area contributed by atoms with E-state index in [-0.39, 0.29) is 34.5 Å². The van der Waals surface area contributed by atoms with Gasteiger partial charge in [-0.2, -0.15) is 0 Å². The number of amides is 3. The van der Waals surface area contributed by atoms with Crippen LogP contribution in [-0.4, -0.2) is 16.9 Å². The lowest BCUT2D eigenvalue weighted by molar-refractivity contribution is -0.384. The maximum Gasteiger partial charge on any atom is 0.337 e. The fourth-order valence-corrected chi connectivity index (χ4v) is 3.15. The lowest BCUT2D eigenvalue weighted by atomic mass is 9.86. The predicted molar refractivity (Wildman–Crippen MR) is 109 cm³/mol. The van der Waals surface area contributed by atoms with Crippen molar-refractivity contribution < 1.29 is 14.5 Å². The fourth-order valence-electron chi connectivity index (χ4n) is 3.15. The average Bonchev–Trinajstić information content (AvgIpc) is 3.46. The number of nitrogens with one attached hydrogen (secondary N) is 3. The van der Waals surface area contributed by atoms with Crippen molar-refractivity contribution in [2.75, 3.05) is 5.32 Å². The SMILES string of the molecule is CC(C)(C)c1ccc([C@@H]2C[C@@H]2C(=O)NNC(=O)Nc2cccc([N+](=O)[O-])c2)cc1. The summed E-state index contributed by atoms with van der Waals surface area (Å²) in [5.74, 6) is -0.302. The third-order valence-corrected chi connectivity index (χ3v) is 4.95. The van der Waals surface area contributed by atoms with Crippen LogP contribution in [0.4, 0.5) is 16.2 Å². The number of carbonyl (C=O) groups is 2. The van der Waals surface area contributed by atoms with Gasteiger partial charge in [-0.3, -0.25) is 20.3 Å². The molecule has 8 nitrogen and oxygen atoms in total. The van der Waals surface area contributed by atoms with E-state index in [1.165, 1.54) is 29.8 Å². The van der Waals surface area contributed by atoms with Gasteiger partial charge in [0.05, 0.1) is 4.92 Å². The Balaban J connectivity index is 1.48. The van der Waals surface area contributed by atoms with E-state index >= 15 is 0 Å². The second kappa shape index (κ2) is 7.90. The monoisotopic (exact) mass is 396 g/mol. The molecule has 3 N–H and O–H groups in total. The molecule has 0 aromatic heterocycles. The van der Waals surface area contributed by atoms with E-state index < -0.39 is 11.0 Å². The highest BCUT2D eigenvalue weighted by atomic mass is 16.6. The minimum atomic E-state index is -0.675. The van der Waals surface area contributed by atoms with Gasteiger partial charge in [-0.15, -0.1) is 0 Å². The van der Waals surface area contributed by atoms with Gasteiger partial charge in [-0.25, -0.2) is 10.2 Å². The molecule has 1 saturated carbocycles. The van der Waals surface area contributed by atoms with E-state index in [4.69, 9.17) is 0 Å². The van der Waals surface area contributed by atoms with Gasteiger partial charge in [0.1, 0.15) is 0 Å². The molecule has 152 valence electrons. The van der Waals surface area contributed by atoms with Crippen molar-refractivity contribution in [2.24, 2.45) is 5.92 Å². The molecule has 2 atom stereocenters. The first-order valence-corrected chi connectivity index (χ1v) is 9.37. The summed E-state index contributed by atoms with van der Waals surface area (Å²) < 4.78 is 0. The summed E-state index contributed by atoms with van der Waals surface area (Å²) in [6, 6.07) is 13.2. The number of anilines is 1. The van der Waals surface area contributed by atoms with Crippen LogP contribution in [0.1, 0.15) is 44.2 Å². The van der Waals surface area contributed by atoms with E-state index in [9.17, 15) is 19.7 Å². The minimum Gasteiger partial charge on any atom is -0.306 e. The molecule has 29 heavy (non-hydrogen) atoms. The Kier molecular flexibility index (Phi) is 5.54. The number of urea groups is 1. The molecular weight excluding hydrogens is 372 g/mol. The van der Waals surface area contributed by atoms with E-state index in [1.807, 2.05) is 0 Å². The first-order valence-electron chi connectivity index (χ1n) is 9.37. The number of rotatable bonds is 4. The number of hydrazine groups is 1. The molecule has 1 fully saturated rings. The molecule has 3 rings (SSSR count). The standard InChI is InChI=1S/C21H24N4O4/c1-21(2,3)14-9-7-13(8-10-14)17-12-18(17)19(26)23-24-20(27)22-15-5-4-6-16(11-15)25(28)29/h4-11,17-18H,12H2,1-3H3,(H,23,26)(H2,22,24,27)/t17-,18-/m0/s1. The van der Waals surface area contributed by atoms with Crippen molar-refractivity contribution in [1.82, 2.24) is 10.9 Å². The molecule has 0 aliphatic heterocycles. The summed E-state index contributed by atoms with van der Waals surface area (Å²) in [5, 5.41) is 13.2. The van der Waals surface area contributed by atoms with Gasteiger partial charge in [0.15, 0.2) is 0 Å². The van der Waals surface area contributed by atoms with Crippen LogP contribution in [0, 0.1) is 16.0 Å². The predicted octanol–water partition coefficient (Wildman–Crippen LogP) is 3.85. The smallest absolute Gasteiger partial charge is 0.306 e. The Morgan fingerprint density at radius 3 is 2.38 bits per heavy atom. The van der Waals surface area contributed by atoms with Crippen LogP contribution in [0.2, 0.25) is 0 Å². The highest BCUT2D eigenvalue weighted by molar-refractivity contribution is 5.92. The van der Waals surface area contributed by atoms with E-state index in [2.05, 4.69) is 61.2 Å². The number of non-ortho nitro benzene ring substituents is 1. The van der Waals surface area contributed by atoms with Crippen LogP contribution >= 0.6 is 0 Å². The summed E-state index contributed by atoms with van der Waals surface area (Å²) in [6.45, 7) is 6.46. The first-order chi connectivity index (χ1) is 13.6. The van der Waals surface area contributed by atoms with Gasteiger partial charge in [0.25, 0.3) is 5.69 Å². The molecule has 0 saturated heterocycles. The quantitative estimate of drug-likeness (QED) is 0.538. The van der Waals surface area contributed by atoms with Crippen molar-refractivity contribution in [3.63, 3.8) is 0 Å². The molecule has 8 heteroatoms. The third-order valence-electron chi connectivity index (χ3n) is 4.95. The number of benzene rings is 2. The number of hydrogen-bond donors (Lipinski definition) is 3. The molecule has 0 unspecified atom stereocenters. The summed E-state index contributed by atoms with van der Waals surface area (Å²) in [6.07, 6.45) is 0.731. The number of nitrogens with zero attached hydrogens (tertiary/aromatic N) is 1. The molecule has 0 heterocycles. The van der Waals surface area contributed by atoms with Gasteiger partial charge < -0.3 is 5.32 Å². The van der Waals surface area contributed by atoms with E-state index in [0.29, 0.717) is 0 Å². The van der Waals surface area contributed by atoms with Crippen LogP contribution in [0.3, 0.4) is 0 Å². The van der Waals surface area contributed by atoms with Crippen LogP contribution in [0.25, 0.3) is 0 Å². The van der Waals surface area contributed by atoms with Crippen molar-refractivity contribution >= 4 is 23.3 Å². The highest BCUT2D eigenvalue weighted by Crippen LogP contribution is 2.47. The normalized spacial score (nSPS) is 17.9. The minimum absolute atomic E-state index is 0.0787. The number of carbonyl (C=O) groups excluding carboxylic acids is 2. The molecule has 2 aromatic rings. The van der Waals surface area contributed by atoms with Gasteiger partial charge in [-0.1, -0.05) is 51.1 Å². The largest absolute Gasteiger partial charge is 0.337 e. The number of hydrogen-bond acceptors (Lipinski definition) is 4. The first kappa shape index (κ1) is 20.3. The van der Waals surface area contributed by atoms with Crippen molar-refractivity contribution in [1.29, 1.82) is 0 Å². The van der Waals surface area contributed by atoms with Crippen molar-refractivity contribution in [2.45, 2.75) is 38.5 Å². The van der Waals surface area contributed by atoms with Gasteiger partial charge in [0.2, 0.25) is 5.91 Å². The van der Waals surface area contributed by atoms with Gasteiger partial charge in [0, 0.05) is 23.7 Å². The summed E-state index contributed by atoms with van der Waals surface area (Å²) >= 11 is 0. The topological polar surface area (TPSA) is 113 Å². The van der Waals surface area contributed by atoms with Gasteiger partial charge in [-0.05, 0) is 34.9 Å². The zero-order valence-electron chi connectivity index (χ0n) is 16.6. The van der Waals surface area contributed by atoms with E-state index in [0.717, 1.165) is 12.0 Å². The van der Waals surface area contributed by atoms with Crippen molar-refractivity contribution in [3.05, 3.63) is 69.8 Å². The Labute approximate surface area is 168 Å². The summed E-state index contributed by atoms with van der Waals surface area (Å²) in [5.41, 5.74) is 7.24. The summed E-state index contributed by atoms with van der Waals surface area (Å²) in [4.78, 5) is 34.4. The average molecular weight is 396 g/mol. The van der Waals surface area contributed by atoms with Crippen LogP contribution in [-0.2, 0) is 10.2 Å². The van der Waals surface area contributed by atoms with Gasteiger partial charge >= 0.3 is 6.03 Å². The van der Waals surface area contributed by atoms with Crippen LogP contribution in [0.5, 0.6) is 0 Å². The number of nitro groups is 1. The second-order valence-corrected chi connectivity index (χ2v) is 8.20. The molecule has 0 bridgehead atoms.